The van der Waals surface area contributed by atoms with Gasteiger partial charge in [-0.25, -0.2) is 0 Å². The molecule has 0 aliphatic heterocycles. The third-order valence-corrected chi connectivity index (χ3v) is 3.29. The van der Waals surface area contributed by atoms with Crippen LogP contribution < -0.4 is 9.47 Å². The lowest BCUT2D eigenvalue weighted by atomic mass is 10.0. The highest BCUT2D eigenvalue weighted by atomic mass is 16.5. The predicted molar refractivity (Wildman–Crippen MR) is 96.3 cm³/mol. The first-order valence-electron chi connectivity index (χ1n) is 7.74. The second-order valence-corrected chi connectivity index (χ2v) is 5.00. The van der Waals surface area contributed by atoms with E-state index in [0.29, 0.717) is 29.2 Å². The molecule has 0 aliphatic rings. The summed E-state index contributed by atoms with van der Waals surface area (Å²) in [5.74, 6) is 3.10. The van der Waals surface area contributed by atoms with Gasteiger partial charge in [0.15, 0.2) is 11.5 Å². The Bertz CT molecular complexity index is 855. The molecule has 0 N–H and O–H groups in total. The molecule has 0 saturated carbocycles. The number of hydrogen-bond acceptors (Lipinski definition) is 4. The lowest BCUT2D eigenvalue weighted by Crippen LogP contribution is -2.02. The number of nitriles is 1. The molecule has 2 aromatic carbocycles. The zero-order valence-electron chi connectivity index (χ0n) is 13.9. The smallest absolute Gasteiger partial charge is 0.203 e. The van der Waals surface area contributed by atoms with E-state index < -0.39 is 0 Å². The highest BCUT2D eigenvalue weighted by molar-refractivity contribution is 6.14. The summed E-state index contributed by atoms with van der Waals surface area (Å²) in [6, 6.07) is 15.8. The van der Waals surface area contributed by atoms with Crippen LogP contribution in [0.15, 0.2) is 54.1 Å². The lowest BCUT2D eigenvalue weighted by Gasteiger charge is -2.11. The minimum Gasteiger partial charge on any atom is -0.490 e. The quantitative estimate of drug-likeness (QED) is 0.334. The standard InChI is InChI=1S/C21H17NO3/c1-3-12-25-19-11-10-16(14-20(19)24-4-2)13-18(15-22)21(23)17-8-6-5-7-9-17/h1,5-11,13-14H,4,12H2,2H3. The maximum Gasteiger partial charge on any atom is 0.203 e. The molecule has 0 spiro atoms. The third-order valence-electron chi connectivity index (χ3n) is 3.29. The van der Waals surface area contributed by atoms with Crippen LogP contribution in [-0.2, 0) is 0 Å². The summed E-state index contributed by atoms with van der Waals surface area (Å²) in [4.78, 5) is 12.4. The van der Waals surface area contributed by atoms with Gasteiger partial charge in [0.05, 0.1) is 6.61 Å². The molecule has 2 rings (SSSR count). The van der Waals surface area contributed by atoms with Crippen molar-refractivity contribution in [1.29, 1.82) is 5.26 Å². The summed E-state index contributed by atoms with van der Waals surface area (Å²) in [5, 5.41) is 9.35. The molecule has 25 heavy (non-hydrogen) atoms. The summed E-state index contributed by atoms with van der Waals surface area (Å²) in [5.41, 5.74) is 1.18. The Labute approximate surface area is 147 Å². The monoisotopic (exact) mass is 331 g/mol. The number of ketones is 1. The molecule has 0 aliphatic carbocycles. The number of allylic oxidation sites excluding steroid dienone is 1. The molecule has 0 saturated heterocycles. The van der Waals surface area contributed by atoms with Gasteiger partial charge in [-0.3, -0.25) is 4.79 Å². The van der Waals surface area contributed by atoms with E-state index in [9.17, 15) is 10.1 Å². The van der Waals surface area contributed by atoms with E-state index >= 15 is 0 Å². The van der Waals surface area contributed by atoms with Crippen LogP contribution in [0.4, 0.5) is 0 Å². The highest BCUT2D eigenvalue weighted by Gasteiger charge is 2.12. The van der Waals surface area contributed by atoms with Gasteiger partial charge in [-0.15, -0.1) is 6.42 Å². The van der Waals surface area contributed by atoms with Crippen molar-refractivity contribution in [2.24, 2.45) is 0 Å². The fourth-order valence-corrected chi connectivity index (χ4v) is 2.18. The van der Waals surface area contributed by atoms with Gasteiger partial charge in [-0.2, -0.15) is 5.26 Å². The molecule has 124 valence electrons. The number of nitrogens with zero attached hydrogens (tertiary/aromatic N) is 1. The van der Waals surface area contributed by atoms with Gasteiger partial charge in [0, 0.05) is 5.56 Å². The first-order valence-corrected chi connectivity index (χ1v) is 7.74. The zero-order chi connectivity index (χ0) is 18.1. The van der Waals surface area contributed by atoms with Crippen LogP contribution in [0.2, 0.25) is 0 Å². The maximum atomic E-state index is 12.4. The second-order valence-electron chi connectivity index (χ2n) is 5.00. The zero-order valence-corrected chi connectivity index (χ0v) is 13.9. The van der Waals surface area contributed by atoms with Crippen molar-refractivity contribution in [2.75, 3.05) is 13.2 Å². The molecule has 0 aromatic heterocycles. The van der Waals surface area contributed by atoms with Gasteiger partial charge < -0.3 is 9.47 Å². The van der Waals surface area contributed by atoms with Crippen LogP contribution in [0.1, 0.15) is 22.8 Å². The van der Waals surface area contributed by atoms with Crippen molar-refractivity contribution in [3.63, 3.8) is 0 Å². The van der Waals surface area contributed by atoms with Gasteiger partial charge in [-0.05, 0) is 30.7 Å². The number of carbonyl (C=O) groups excluding carboxylic acids is 1. The van der Waals surface area contributed by atoms with Crippen LogP contribution in [0.5, 0.6) is 11.5 Å². The van der Waals surface area contributed by atoms with E-state index in [1.165, 1.54) is 6.08 Å². The normalized spacial score (nSPS) is 10.4. The van der Waals surface area contributed by atoms with Crippen LogP contribution in [0, 0.1) is 23.7 Å². The van der Waals surface area contributed by atoms with Crippen molar-refractivity contribution in [2.45, 2.75) is 6.92 Å². The van der Waals surface area contributed by atoms with E-state index in [1.54, 1.807) is 42.5 Å². The summed E-state index contributed by atoms with van der Waals surface area (Å²) >= 11 is 0. The molecule has 0 radical (unpaired) electrons. The molecule has 0 fully saturated rings. The van der Waals surface area contributed by atoms with Crippen LogP contribution in [0.25, 0.3) is 6.08 Å². The molecule has 0 amide bonds. The van der Waals surface area contributed by atoms with Crippen molar-refractivity contribution in [3.8, 4) is 29.9 Å². The fourth-order valence-electron chi connectivity index (χ4n) is 2.18. The van der Waals surface area contributed by atoms with Crippen molar-refractivity contribution < 1.29 is 14.3 Å². The topological polar surface area (TPSA) is 59.3 Å². The fraction of sp³-hybridized carbons (Fsp3) is 0.143. The SMILES string of the molecule is C#CCOc1ccc(C=C(C#N)C(=O)c2ccccc2)cc1OCC. The van der Waals surface area contributed by atoms with Gasteiger partial charge in [-0.1, -0.05) is 42.3 Å². The molecule has 4 heteroatoms. The lowest BCUT2D eigenvalue weighted by molar-refractivity contribution is 0.104. The highest BCUT2D eigenvalue weighted by Crippen LogP contribution is 2.29. The summed E-state index contributed by atoms with van der Waals surface area (Å²) in [7, 11) is 0. The number of benzene rings is 2. The Morgan fingerprint density at radius 3 is 2.56 bits per heavy atom. The number of terminal acetylenes is 1. The Morgan fingerprint density at radius 2 is 1.92 bits per heavy atom. The van der Waals surface area contributed by atoms with Gasteiger partial charge in [0.2, 0.25) is 5.78 Å². The Morgan fingerprint density at radius 1 is 1.16 bits per heavy atom. The van der Waals surface area contributed by atoms with E-state index in [4.69, 9.17) is 15.9 Å². The minimum absolute atomic E-state index is 0.0472. The molecular formula is C21H17NO3. The number of hydrogen-bond donors (Lipinski definition) is 0. The second kappa shape index (κ2) is 8.96. The van der Waals surface area contributed by atoms with E-state index in [0.717, 1.165) is 0 Å². The number of carbonyl (C=O) groups is 1. The van der Waals surface area contributed by atoms with Crippen LogP contribution in [0.3, 0.4) is 0 Å². The predicted octanol–water partition coefficient (Wildman–Crippen LogP) is 3.89. The Hall–Kier alpha value is -3.50. The molecule has 0 atom stereocenters. The first kappa shape index (κ1) is 17.8. The molecular weight excluding hydrogens is 314 g/mol. The third kappa shape index (κ3) is 4.73. The average Bonchev–Trinajstić information content (AvgIpc) is 2.66. The van der Waals surface area contributed by atoms with Gasteiger partial charge in [0.25, 0.3) is 0 Å². The largest absolute Gasteiger partial charge is 0.490 e. The van der Waals surface area contributed by atoms with E-state index in [-0.39, 0.29) is 18.0 Å². The first-order chi connectivity index (χ1) is 12.2. The van der Waals surface area contributed by atoms with Crippen molar-refractivity contribution in [3.05, 3.63) is 65.2 Å². The molecule has 0 bridgehead atoms. The van der Waals surface area contributed by atoms with Crippen LogP contribution in [-0.4, -0.2) is 19.0 Å². The Kier molecular flexibility index (Phi) is 6.39. The summed E-state index contributed by atoms with van der Waals surface area (Å²) in [6.07, 6.45) is 6.73. The number of ether oxygens (including phenoxy) is 2. The van der Waals surface area contributed by atoms with Crippen molar-refractivity contribution >= 4 is 11.9 Å². The summed E-state index contributed by atoms with van der Waals surface area (Å²) in [6.45, 7) is 2.44. The minimum atomic E-state index is -0.325. The summed E-state index contributed by atoms with van der Waals surface area (Å²) < 4.78 is 11.0. The number of Topliss-reactive ketones (excluding diaryl/α,β-unsaturated/α-hetero) is 1. The molecule has 0 unspecified atom stereocenters. The Balaban J connectivity index is 2.34. The maximum absolute atomic E-state index is 12.4. The van der Waals surface area contributed by atoms with Gasteiger partial charge >= 0.3 is 0 Å². The van der Waals surface area contributed by atoms with E-state index in [2.05, 4.69) is 5.92 Å². The van der Waals surface area contributed by atoms with E-state index in [1.807, 2.05) is 19.1 Å². The molecule has 4 nitrogen and oxygen atoms in total. The molecule has 2 aromatic rings. The van der Waals surface area contributed by atoms with Crippen molar-refractivity contribution in [1.82, 2.24) is 0 Å². The van der Waals surface area contributed by atoms with Crippen LogP contribution >= 0.6 is 0 Å². The number of rotatable bonds is 7. The molecule has 0 heterocycles. The van der Waals surface area contributed by atoms with Gasteiger partial charge in [0.1, 0.15) is 18.2 Å². The average molecular weight is 331 g/mol.